The molecule has 1 saturated heterocycles. The molecule has 0 aliphatic carbocycles. The molecule has 5 heteroatoms. The van der Waals surface area contributed by atoms with Gasteiger partial charge in [-0.1, -0.05) is 6.42 Å². The molecular formula is C14H20N2O3. The summed E-state index contributed by atoms with van der Waals surface area (Å²) in [5, 5.41) is 24.9. The van der Waals surface area contributed by atoms with Crippen LogP contribution in [-0.4, -0.2) is 35.3 Å². The molecule has 1 heterocycles. The zero-order valence-corrected chi connectivity index (χ0v) is 10.9. The molecule has 2 rings (SSSR count). The summed E-state index contributed by atoms with van der Waals surface area (Å²) in [6.07, 6.45) is 4.52. The first-order valence-electron chi connectivity index (χ1n) is 6.70. The first-order valence-corrected chi connectivity index (χ1v) is 6.70. The summed E-state index contributed by atoms with van der Waals surface area (Å²) in [6.45, 7) is 1.64. The van der Waals surface area contributed by atoms with Crippen molar-refractivity contribution in [3.05, 3.63) is 23.8 Å². The monoisotopic (exact) mass is 264 g/mol. The van der Waals surface area contributed by atoms with Gasteiger partial charge in [-0.15, -0.1) is 0 Å². The van der Waals surface area contributed by atoms with Crippen LogP contribution in [0.25, 0.3) is 0 Å². The number of benzene rings is 1. The van der Waals surface area contributed by atoms with Gasteiger partial charge >= 0.3 is 0 Å². The van der Waals surface area contributed by atoms with Gasteiger partial charge in [0.2, 0.25) is 0 Å². The summed E-state index contributed by atoms with van der Waals surface area (Å²) in [5.41, 5.74) is 0.272. The van der Waals surface area contributed by atoms with Crippen LogP contribution in [0.15, 0.2) is 18.2 Å². The van der Waals surface area contributed by atoms with Crippen molar-refractivity contribution in [1.82, 2.24) is 10.6 Å². The lowest BCUT2D eigenvalue weighted by atomic mass is 10.0. The van der Waals surface area contributed by atoms with E-state index in [1.807, 2.05) is 0 Å². The average Bonchev–Trinajstić information content (AvgIpc) is 2.38. The van der Waals surface area contributed by atoms with Crippen LogP contribution in [-0.2, 0) is 0 Å². The average molecular weight is 264 g/mol. The highest BCUT2D eigenvalue weighted by molar-refractivity contribution is 5.95. The smallest absolute Gasteiger partial charge is 0.251 e. The highest BCUT2D eigenvalue weighted by Gasteiger charge is 2.13. The number of hydrogen-bond donors (Lipinski definition) is 4. The molecule has 1 aliphatic heterocycles. The summed E-state index contributed by atoms with van der Waals surface area (Å²) in [4.78, 5) is 11.8. The van der Waals surface area contributed by atoms with Crippen molar-refractivity contribution in [2.24, 2.45) is 0 Å². The third-order valence-electron chi connectivity index (χ3n) is 3.36. The number of hydrogen-bond acceptors (Lipinski definition) is 4. The first-order chi connectivity index (χ1) is 9.15. The van der Waals surface area contributed by atoms with E-state index in [0.29, 0.717) is 12.6 Å². The Morgan fingerprint density at radius 1 is 1.26 bits per heavy atom. The lowest BCUT2D eigenvalue weighted by Crippen LogP contribution is -2.37. The predicted molar refractivity (Wildman–Crippen MR) is 72.4 cm³/mol. The minimum atomic E-state index is -0.276. The lowest BCUT2D eigenvalue weighted by molar-refractivity contribution is 0.0951. The number of piperidine rings is 1. The van der Waals surface area contributed by atoms with Crippen LogP contribution in [0.1, 0.15) is 36.0 Å². The Morgan fingerprint density at radius 2 is 2.00 bits per heavy atom. The molecule has 0 bridgehead atoms. The van der Waals surface area contributed by atoms with Crippen LogP contribution >= 0.6 is 0 Å². The zero-order valence-electron chi connectivity index (χ0n) is 10.9. The molecule has 0 radical (unpaired) electrons. The van der Waals surface area contributed by atoms with Crippen molar-refractivity contribution in [2.45, 2.75) is 31.7 Å². The Bertz CT molecular complexity index is 422. The van der Waals surface area contributed by atoms with E-state index in [-0.39, 0.29) is 23.0 Å². The summed E-state index contributed by atoms with van der Waals surface area (Å²) < 4.78 is 0. The number of aromatic hydroxyl groups is 2. The number of rotatable bonds is 4. The van der Waals surface area contributed by atoms with Crippen molar-refractivity contribution in [2.75, 3.05) is 13.1 Å². The van der Waals surface area contributed by atoms with Gasteiger partial charge in [-0.2, -0.15) is 0 Å². The van der Waals surface area contributed by atoms with Crippen molar-refractivity contribution >= 4 is 5.91 Å². The predicted octanol–water partition coefficient (Wildman–Crippen LogP) is 1.36. The molecule has 1 atom stereocenters. The molecule has 1 unspecified atom stereocenters. The molecular weight excluding hydrogens is 244 g/mol. The van der Waals surface area contributed by atoms with Gasteiger partial charge < -0.3 is 20.8 Å². The maximum absolute atomic E-state index is 11.8. The Morgan fingerprint density at radius 3 is 2.63 bits per heavy atom. The third-order valence-corrected chi connectivity index (χ3v) is 3.36. The molecule has 5 nitrogen and oxygen atoms in total. The van der Waals surface area contributed by atoms with E-state index in [0.717, 1.165) is 19.4 Å². The van der Waals surface area contributed by atoms with Gasteiger partial charge in [-0.05, 0) is 37.9 Å². The van der Waals surface area contributed by atoms with Crippen LogP contribution in [0.5, 0.6) is 11.5 Å². The lowest BCUT2D eigenvalue weighted by Gasteiger charge is -2.23. The highest BCUT2D eigenvalue weighted by atomic mass is 16.3. The number of phenolic OH excluding ortho intramolecular Hbond substituents is 2. The molecule has 1 amide bonds. The van der Waals surface area contributed by atoms with Gasteiger partial charge in [0.05, 0.1) is 0 Å². The van der Waals surface area contributed by atoms with Crippen molar-refractivity contribution < 1.29 is 15.0 Å². The molecule has 104 valence electrons. The summed E-state index contributed by atoms with van der Waals surface area (Å²) in [7, 11) is 0. The summed E-state index contributed by atoms with van der Waals surface area (Å²) >= 11 is 0. The summed E-state index contributed by atoms with van der Waals surface area (Å²) in [5.74, 6) is -0.500. The SMILES string of the molecule is O=C(NCCC1CCCCN1)c1cc(O)cc(O)c1. The van der Waals surface area contributed by atoms with E-state index in [9.17, 15) is 15.0 Å². The van der Waals surface area contributed by atoms with Gasteiger partial charge in [0, 0.05) is 24.2 Å². The molecule has 1 aromatic rings. The van der Waals surface area contributed by atoms with Crippen molar-refractivity contribution in [3.8, 4) is 11.5 Å². The number of carbonyl (C=O) groups excluding carboxylic acids is 1. The van der Waals surface area contributed by atoms with Crippen LogP contribution in [0, 0.1) is 0 Å². The number of amides is 1. The second-order valence-corrected chi connectivity index (χ2v) is 4.93. The van der Waals surface area contributed by atoms with E-state index in [4.69, 9.17) is 0 Å². The first kappa shape index (κ1) is 13.7. The van der Waals surface area contributed by atoms with Gasteiger partial charge in [0.15, 0.2) is 0 Å². The van der Waals surface area contributed by atoms with E-state index in [1.54, 1.807) is 0 Å². The fourth-order valence-corrected chi connectivity index (χ4v) is 2.36. The molecule has 4 N–H and O–H groups in total. The Hall–Kier alpha value is -1.75. The fraction of sp³-hybridized carbons (Fsp3) is 0.500. The minimum Gasteiger partial charge on any atom is -0.508 e. The molecule has 0 spiro atoms. The minimum absolute atomic E-state index is 0.112. The largest absolute Gasteiger partial charge is 0.508 e. The number of phenols is 2. The second kappa shape index (κ2) is 6.43. The van der Waals surface area contributed by atoms with E-state index < -0.39 is 0 Å². The van der Waals surface area contributed by atoms with E-state index >= 15 is 0 Å². The summed E-state index contributed by atoms with van der Waals surface area (Å²) in [6, 6.07) is 4.36. The standard InChI is InChI=1S/C14H20N2O3/c17-12-7-10(8-13(18)9-12)14(19)16-6-4-11-3-1-2-5-15-11/h7-9,11,15,17-18H,1-6H2,(H,16,19). The van der Waals surface area contributed by atoms with E-state index in [2.05, 4.69) is 10.6 Å². The van der Waals surface area contributed by atoms with Crippen molar-refractivity contribution in [1.29, 1.82) is 0 Å². The quantitative estimate of drug-likeness (QED) is 0.662. The molecule has 0 aromatic heterocycles. The molecule has 1 fully saturated rings. The molecule has 1 aromatic carbocycles. The molecule has 19 heavy (non-hydrogen) atoms. The fourth-order valence-electron chi connectivity index (χ4n) is 2.36. The van der Waals surface area contributed by atoms with Gasteiger partial charge in [0.1, 0.15) is 11.5 Å². The number of carbonyl (C=O) groups is 1. The molecule has 1 aliphatic rings. The zero-order chi connectivity index (χ0) is 13.7. The number of nitrogens with one attached hydrogen (secondary N) is 2. The Labute approximate surface area is 112 Å². The second-order valence-electron chi connectivity index (χ2n) is 4.93. The topological polar surface area (TPSA) is 81.6 Å². The normalized spacial score (nSPS) is 19.1. The Balaban J connectivity index is 1.80. The Kier molecular flexibility index (Phi) is 4.63. The van der Waals surface area contributed by atoms with Crippen LogP contribution in [0.2, 0.25) is 0 Å². The van der Waals surface area contributed by atoms with Gasteiger partial charge in [-0.25, -0.2) is 0 Å². The van der Waals surface area contributed by atoms with Gasteiger partial charge in [0.25, 0.3) is 5.91 Å². The maximum atomic E-state index is 11.8. The van der Waals surface area contributed by atoms with Crippen molar-refractivity contribution in [3.63, 3.8) is 0 Å². The van der Waals surface area contributed by atoms with Crippen LogP contribution in [0.4, 0.5) is 0 Å². The van der Waals surface area contributed by atoms with Crippen LogP contribution in [0.3, 0.4) is 0 Å². The third kappa shape index (κ3) is 4.13. The molecule has 0 saturated carbocycles. The van der Waals surface area contributed by atoms with E-state index in [1.165, 1.54) is 31.0 Å². The maximum Gasteiger partial charge on any atom is 0.251 e. The highest BCUT2D eigenvalue weighted by Crippen LogP contribution is 2.20. The van der Waals surface area contributed by atoms with Gasteiger partial charge in [-0.3, -0.25) is 4.79 Å². The van der Waals surface area contributed by atoms with Crippen LogP contribution < -0.4 is 10.6 Å².